The lowest BCUT2D eigenvalue weighted by Gasteiger charge is -2.23. The third kappa shape index (κ3) is 5.87. The van der Waals surface area contributed by atoms with E-state index in [4.69, 9.17) is 4.42 Å². The van der Waals surface area contributed by atoms with Crippen LogP contribution in [0.4, 0.5) is 4.39 Å². The van der Waals surface area contributed by atoms with Crippen LogP contribution in [-0.4, -0.2) is 34.4 Å². The van der Waals surface area contributed by atoms with E-state index in [1.165, 1.54) is 12.1 Å². The molecular formula is C25H30FN3O3. The largest absolute Gasteiger partial charge is 0.454 e. The molecule has 6 nitrogen and oxygen atoms in total. The third-order valence-electron chi connectivity index (χ3n) is 5.19. The highest BCUT2D eigenvalue weighted by Crippen LogP contribution is 2.17. The zero-order valence-electron chi connectivity index (χ0n) is 18.6. The summed E-state index contributed by atoms with van der Waals surface area (Å²) in [5, 5.41) is 2.84. The van der Waals surface area contributed by atoms with Crippen molar-refractivity contribution < 1.29 is 18.4 Å². The van der Waals surface area contributed by atoms with Gasteiger partial charge in [0.05, 0.1) is 18.7 Å². The lowest BCUT2D eigenvalue weighted by molar-refractivity contribution is 0.0734. The van der Waals surface area contributed by atoms with E-state index in [0.29, 0.717) is 31.9 Å². The number of hydrogen-bond acceptors (Lipinski definition) is 3. The number of aromatic nitrogens is 1. The maximum atomic E-state index is 14.2. The molecule has 32 heavy (non-hydrogen) atoms. The van der Waals surface area contributed by atoms with Crippen LogP contribution in [0.25, 0.3) is 0 Å². The molecule has 3 aromatic rings. The highest BCUT2D eigenvalue weighted by atomic mass is 19.1. The Hall–Kier alpha value is -3.35. The van der Waals surface area contributed by atoms with Crippen molar-refractivity contribution in [1.82, 2.24) is 14.8 Å². The summed E-state index contributed by atoms with van der Waals surface area (Å²) in [5.74, 6) is -0.143. The van der Waals surface area contributed by atoms with Crippen LogP contribution in [0.1, 0.15) is 65.5 Å². The quantitative estimate of drug-likeness (QED) is 0.434. The Morgan fingerprint density at radius 2 is 1.88 bits per heavy atom. The van der Waals surface area contributed by atoms with E-state index >= 15 is 0 Å². The van der Waals surface area contributed by atoms with E-state index in [1.807, 2.05) is 29.8 Å². The van der Waals surface area contributed by atoms with Crippen molar-refractivity contribution >= 4 is 11.8 Å². The van der Waals surface area contributed by atoms with Gasteiger partial charge in [-0.1, -0.05) is 32.4 Å². The molecule has 0 fully saturated rings. The predicted molar refractivity (Wildman–Crippen MR) is 121 cm³/mol. The Bertz CT molecular complexity index is 1040. The standard InChI is InChI=1S/C25H30FN3O3/c1-3-5-14-27-24(30)23-13-12-20(32-23)18-28-16-8-9-19(28)17-29(15-4-2)25(31)21-10-6-7-11-22(21)26/h6-13,16H,3-5,14-15,17-18H2,1-2H3,(H,27,30). The highest BCUT2D eigenvalue weighted by molar-refractivity contribution is 5.94. The highest BCUT2D eigenvalue weighted by Gasteiger charge is 2.20. The molecule has 7 heteroatoms. The molecule has 0 radical (unpaired) electrons. The van der Waals surface area contributed by atoms with Gasteiger partial charge in [-0.05, 0) is 49.2 Å². The first-order chi connectivity index (χ1) is 15.5. The average molecular weight is 440 g/mol. The number of hydrogen-bond donors (Lipinski definition) is 1. The maximum absolute atomic E-state index is 14.2. The van der Waals surface area contributed by atoms with Crippen molar-refractivity contribution in [2.75, 3.05) is 13.1 Å². The minimum absolute atomic E-state index is 0.0730. The van der Waals surface area contributed by atoms with Gasteiger partial charge in [-0.15, -0.1) is 0 Å². The molecule has 0 saturated carbocycles. The zero-order valence-corrected chi connectivity index (χ0v) is 18.6. The molecular weight excluding hydrogens is 409 g/mol. The maximum Gasteiger partial charge on any atom is 0.286 e. The second-order valence-electron chi connectivity index (χ2n) is 7.71. The molecule has 0 aliphatic rings. The number of amides is 2. The van der Waals surface area contributed by atoms with Crippen LogP contribution in [0.15, 0.2) is 59.1 Å². The van der Waals surface area contributed by atoms with Crippen LogP contribution >= 0.6 is 0 Å². The average Bonchev–Trinajstić information content (AvgIpc) is 3.43. The zero-order chi connectivity index (χ0) is 22.9. The second kappa shape index (κ2) is 11.3. The number of halogens is 1. The molecule has 0 spiro atoms. The molecule has 0 saturated heterocycles. The summed E-state index contributed by atoms with van der Waals surface area (Å²) in [5.41, 5.74) is 0.970. The van der Waals surface area contributed by atoms with Crippen LogP contribution in [0, 0.1) is 5.82 Å². The van der Waals surface area contributed by atoms with Crippen LogP contribution in [0.5, 0.6) is 0 Å². The molecule has 2 aromatic heterocycles. The molecule has 1 aromatic carbocycles. The molecule has 0 unspecified atom stereocenters. The molecule has 1 N–H and O–H groups in total. The van der Waals surface area contributed by atoms with Gasteiger partial charge < -0.3 is 19.2 Å². The van der Waals surface area contributed by atoms with Crippen molar-refractivity contribution in [1.29, 1.82) is 0 Å². The van der Waals surface area contributed by atoms with Gasteiger partial charge in [-0.3, -0.25) is 9.59 Å². The third-order valence-corrected chi connectivity index (χ3v) is 5.19. The first-order valence-electron chi connectivity index (χ1n) is 11.1. The summed E-state index contributed by atoms with van der Waals surface area (Å²) in [7, 11) is 0. The fourth-order valence-electron chi connectivity index (χ4n) is 3.49. The Morgan fingerprint density at radius 1 is 1.06 bits per heavy atom. The summed E-state index contributed by atoms with van der Waals surface area (Å²) < 4.78 is 21.8. The van der Waals surface area contributed by atoms with Gasteiger partial charge in [0.25, 0.3) is 11.8 Å². The summed E-state index contributed by atoms with van der Waals surface area (Å²) in [6, 6.07) is 13.3. The number of unbranched alkanes of at least 4 members (excludes halogenated alkanes) is 1. The van der Waals surface area contributed by atoms with Gasteiger partial charge in [0.15, 0.2) is 5.76 Å². The van der Waals surface area contributed by atoms with Crippen LogP contribution < -0.4 is 5.32 Å². The van der Waals surface area contributed by atoms with Crippen molar-refractivity contribution in [3.8, 4) is 0 Å². The summed E-state index contributed by atoms with van der Waals surface area (Å²) in [6.07, 6.45) is 4.59. The van der Waals surface area contributed by atoms with Crippen molar-refractivity contribution in [2.24, 2.45) is 0 Å². The number of rotatable bonds is 11. The normalized spacial score (nSPS) is 10.8. The van der Waals surface area contributed by atoms with Gasteiger partial charge in [0.1, 0.15) is 11.6 Å². The van der Waals surface area contributed by atoms with E-state index in [0.717, 1.165) is 25.0 Å². The Balaban J connectivity index is 1.70. The Labute approximate surface area is 188 Å². The van der Waals surface area contributed by atoms with E-state index in [9.17, 15) is 14.0 Å². The molecule has 0 atom stereocenters. The summed E-state index contributed by atoms with van der Waals surface area (Å²) >= 11 is 0. The van der Waals surface area contributed by atoms with E-state index < -0.39 is 5.82 Å². The lowest BCUT2D eigenvalue weighted by atomic mass is 10.1. The van der Waals surface area contributed by atoms with Gasteiger partial charge in [0.2, 0.25) is 0 Å². The second-order valence-corrected chi connectivity index (χ2v) is 7.71. The SMILES string of the molecule is CCCCNC(=O)c1ccc(Cn2cccc2CN(CCC)C(=O)c2ccccc2F)o1. The van der Waals surface area contributed by atoms with Crippen molar-refractivity contribution in [3.05, 3.63) is 83.3 Å². The van der Waals surface area contributed by atoms with E-state index in [-0.39, 0.29) is 23.1 Å². The van der Waals surface area contributed by atoms with Crippen molar-refractivity contribution in [2.45, 2.75) is 46.2 Å². The Morgan fingerprint density at radius 3 is 2.62 bits per heavy atom. The Kier molecular flexibility index (Phi) is 8.25. The molecule has 0 aliphatic heterocycles. The molecule has 170 valence electrons. The molecule has 2 amide bonds. The van der Waals surface area contributed by atoms with Gasteiger partial charge >= 0.3 is 0 Å². The summed E-state index contributed by atoms with van der Waals surface area (Å²) in [4.78, 5) is 26.8. The number of carbonyl (C=O) groups excluding carboxylic acids is 2. The number of nitrogens with zero attached hydrogens (tertiary/aromatic N) is 2. The van der Waals surface area contributed by atoms with Crippen LogP contribution in [0.2, 0.25) is 0 Å². The number of nitrogens with one attached hydrogen (secondary N) is 1. The topological polar surface area (TPSA) is 67.5 Å². The monoisotopic (exact) mass is 439 g/mol. The molecule has 2 heterocycles. The summed E-state index contributed by atoms with van der Waals surface area (Å²) in [6.45, 7) is 5.96. The number of furan rings is 1. The molecule has 0 aliphatic carbocycles. The van der Waals surface area contributed by atoms with Crippen LogP contribution in [-0.2, 0) is 13.1 Å². The first kappa shape index (κ1) is 23.3. The fraction of sp³-hybridized carbons (Fsp3) is 0.360. The smallest absolute Gasteiger partial charge is 0.286 e. The lowest BCUT2D eigenvalue weighted by Crippen LogP contribution is -2.32. The van der Waals surface area contributed by atoms with Crippen LogP contribution in [0.3, 0.4) is 0 Å². The van der Waals surface area contributed by atoms with Gasteiger partial charge in [-0.25, -0.2) is 4.39 Å². The molecule has 0 bridgehead atoms. The first-order valence-corrected chi connectivity index (χ1v) is 11.1. The minimum Gasteiger partial charge on any atom is -0.454 e. The number of benzene rings is 1. The number of carbonyl (C=O) groups is 2. The van der Waals surface area contributed by atoms with Gasteiger partial charge in [0, 0.05) is 25.0 Å². The van der Waals surface area contributed by atoms with E-state index in [1.54, 1.807) is 29.2 Å². The predicted octanol–water partition coefficient (Wildman–Crippen LogP) is 4.85. The van der Waals surface area contributed by atoms with E-state index in [2.05, 4.69) is 12.2 Å². The minimum atomic E-state index is -0.519. The fourth-order valence-corrected chi connectivity index (χ4v) is 3.49. The van der Waals surface area contributed by atoms with Crippen molar-refractivity contribution in [3.63, 3.8) is 0 Å². The molecule has 3 rings (SSSR count). The van der Waals surface area contributed by atoms with Gasteiger partial charge in [-0.2, -0.15) is 0 Å².